The number of carbonyl (C=O) groups excluding carboxylic acids is 1. The maximum atomic E-state index is 12.3. The third-order valence-electron chi connectivity index (χ3n) is 6.62. The molecule has 0 aromatic heterocycles. The molecule has 4 nitrogen and oxygen atoms in total. The zero-order valence-corrected chi connectivity index (χ0v) is 14.5. The van der Waals surface area contributed by atoms with Gasteiger partial charge < -0.3 is 15.4 Å². The predicted octanol–water partition coefficient (Wildman–Crippen LogP) is 3.36. The molecule has 0 radical (unpaired) electrons. The number of hydrogen-bond acceptors (Lipinski definition) is 2. The van der Waals surface area contributed by atoms with E-state index in [4.69, 9.17) is 4.74 Å². The van der Waals surface area contributed by atoms with Gasteiger partial charge in [-0.1, -0.05) is 24.6 Å². The Morgan fingerprint density at radius 3 is 2.88 bits per heavy atom. The van der Waals surface area contributed by atoms with Gasteiger partial charge in [0.1, 0.15) is 5.75 Å². The van der Waals surface area contributed by atoms with Gasteiger partial charge in [0.15, 0.2) is 0 Å². The smallest absolute Gasteiger partial charge is 0.315 e. The highest BCUT2D eigenvalue weighted by Crippen LogP contribution is 2.58. The molecule has 2 bridgehead atoms. The van der Waals surface area contributed by atoms with Gasteiger partial charge in [-0.15, -0.1) is 0 Å². The van der Waals surface area contributed by atoms with E-state index in [2.05, 4.69) is 16.7 Å². The highest BCUT2D eigenvalue weighted by Gasteiger charge is 2.53. The van der Waals surface area contributed by atoms with Gasteiger partial charge >= 0.3 is 6.03 Å². The molecule has 1 aromatic rings. The number of urea groups is 1. The first kappa shape index (κ1) is 15.8. The molecule has 3 aliphatic rings. The van der Waals surface area contributed by atoms with E-state index >= 15 is 0 Å². The van der Waals surface area contributed by atoms with Crippen molar-refractivity contribution in [3.63, 3.8) is 0 Å². The molecule has 3 saturated carbocycles. The molecule has 0 spiro atoms. The quantitative estimate of drug-likeness (QED) is 0.871. The van der Waals surface area contributed by atoms with Crippen LogP contribution in [0.5, 0.6) is 5.75 Å². The minimum atomic E-state index is -0.00278. The summed E-state index contributed by atoms with van der Waals surface area (Å²) in [5, 5.41) is 6.28. The van der Waals surface area contributed by atoms with Gasteiger partial charge in [0.25, 0.3) is 0 Å². The number of fused-ring (bicyclic) bond motifs is 5. The number of ether oxygens (including phenoxy) is 1. The second-order valence-electron chi connectivity index (χ2n) is 7.72. The second kappa shape index (κ2) is 6.66. The maximum absolute atomic E-state index is 12.3. The fraction of sp³-hybridized carbons (Fsp3) is 0.650. The number of methoxy groups -OCH3 is 1. The minimum Gasteiger partial charge on any atom is -0.496 e. The van der Waals surface area contributed by atoms with Gasteiger partial charge in [0.05, 0.1) is 7.11 Å². The Morgan fingerprint density at radius 2 is 2.00 bits per heavy atom. The van der Waals surface area contributed by atoms with E-state index in [1.165, 1.54) is 32.1 Å². The molecule has 0 aliphatic heterocycles. The Morgan fingerprint density at radius 1 is 1.17 bits per heavy atom. The largest absolute Gasteiger partial charge is 0.496 e. The summed E-state index contributed by atoms with van der Waals surface area (Å²) < 4.78 is 5.36. The summed E-state index contributed by atoms with van der Waals surface area (Å²) in [5.74, 6) is 4.37. The zero-order valence-electron chi connectivity index (χ0n) is 14.5. The molecule has 5 atom stereocenters. The number of rotatable bonds is 5. The number of nitrogens with one attached hydrogen (secondary N) is 2. The highest BCUT2D eigenvalue weighted by molar-refractivity contribution is 5.74. The third kappa shape index (κ3) is 2.87. The number of carbonyl (C=O) groups is 1. The van der Waals surface area contributed by atoms with Crippen LogP contribution in [-0.2, 0) is 6.42 Å². The van der Waals surface area contributed by atoms with E-state index in [1.807, 2.05) is 18.2 Å². The fourth-order valence-electron chi connectivity index (χ4n) is 5.67. The summed E-state index contributed by atoms with van der Waals surface area (Å²) >= 11 is 0. The van der Waals surface area contributed by atoms with Crippen LogP contribution < -0.4 is 15.4 Å². The lowest BCUT2D eigenvalue weighted by Crippen LogP contribution is -2.47. The van der Waals surface area contributed by atoms with Gasteiger partial charge in [-0.25, -0.2) is 4.79 Å². The molecule has 0 unspecified atom stereocenters. The Hall–Kier alpha value is -1.71. The maximum Gasteiger partial charge on any atom is 0.315 e. The van der Waals surface area contributed by atoms with E-state index in [1.54, 1.807) is 7.11 Å². The average molecular weight is 328 g/mol. The van der Waals surface area contributed by atoms with Crippen LogP contribution in [-0.4, -0.2) is 25.7 Å². The minimum absolute atomic E-state index is 0.00278. The van der Waals surface area contributed by atoms with Crippen LogP contribution >= 0.6 is 0 Å². The summed E-state index contributed by atoms with van der Waals surface area (Å²) in [6, 6.07) is 8.38. The lowest BCUT2D eigenvalue weighted by Gasteiger charge is -2.32. The summed E-state index contributed by atoms with van der Waals surface area (Å²) in [4.78, 5) is 12.3. The molecule has 3 aliphatic carbocycles. The van der Waals surface area contributed by atoms with Crippen molar-refractivity contribution >= 4 is 6.03 Å². The standard InChI is InChI=1S/C20H28N2O2/c1-24-19-8-3-2-5-13(19)9-10-21-20(23)22-18-12-14-11-17(18)16-7-4-6-15(14)16/h2-3,5,8,14-18H,4,6-7,9-12H2,1H3,(H2,21,22,23)/t14-,15+,16+,17+,18-/m1/s1. The van der Waals surface area contributed by atoms with Crippen LogP contribution in [0, 0.1) is 23.7 Å². The highest BCUT2D eigenvalue weighted by atomic mass is 16.5. The molecule has 3 fully saturated rings. The fourth-order valence-corrected chi connectivity index (χ4v) is 5.67. The normalized spacial score (nSPS) is 33.3. The molecule has 0 saturated heterocycles. The molecular formula is C20H28N2O2. The summed E-state index contributed by atoms with van der Waals surface area (Å²) in [6.07, 6.45) is 7.56. The van der Waals surface area contributed by atoms with Crippen LogP contribution in [0.3, 0.4) is 0 Å². The number of hydrogen-bond donors (Lipinski definition) is 2. The van der Waals surface area contributed by atoms with E-state index in [0.29, 0.717) is 12.6 Å². The van der Waals surface area contributed by atoms with Crippen molar-refractivity contribution in [1.82, 2.24) is 10.6 Å². The number of benzene rings is 1. The zero-order chi connectivity index (χ0) is 16.5. The van der Waals surface area contributed by atoms with E-state index in [0.717, 1.165) is 41.4 Å². The molecule has 0 heterocycles. The topological polar surface area (TPSA) is 50.4 Å². The molecule has 1 aromatic carbocycles. The molecule has 130 valence electrons. The SMILES string of the molecule is COc1ccccc1CCNC(=O)N[C@@H]1C[C@H]2C[C@H]1[C@H]1CCC[C@@H]21. The van der Waals surface area contributed by atoms with Gasteiger partial charge in [0, 0.05) is 12.6 Å². The van der Waals surface area contributed by atoms with Crippen molar-refractivity contribution < 1.29 is 9.53 Å². The Balaban J connectivity index is 1.25. The second-order valence-corrected chi connectivity index (χ2v) is 7.72. The van der Waals surface area contributed by atoms with Crippen LogP contribution in [0.15, 0.2) is 24.3 Å². The molecular weight excluding hydrogens is 300 g/mol. The molecule has 4 heteroatoms. The summed E-state index contributed by atoms with van der Waals surface area (Å²) in [6.45, 7) is 0.638. The van der Waals surface area contributed by atoms with Crippen molar-refractivity contribution in [2.24, 2.45) is 23.7 Å². The van der Waals surface area contributed by atoms with Crippen LogP contribution in [0.25, 0.3) is 0 Å². The predicted molar refractivity (Wildman–Crippen MR) is 94.1 cm³/mol. The van der Waals surface area contributed by atoms with Crippen molar-refractivity contribution in [1.29, 1.82) is 0 Å². The van der Waals surface area contributed by atoms with Gasteiger partial charge in [-0.05, 0) is 67.4 Å². The van der Waals surface area contributed by atoms with Gasteiger partial charge in [-0.2, -0.15) is 0 Å². The lowest BCUT2D eigenvalue weighted by atomic mass is 9.79. The average Bonchev–Trinajstić information content (AvgIpc) is 3.28. The monoisotopic (exact) mass is 328 g/mol. The van der Waals surface area contributed by atoms with Gasteiger partial charge in [0.2, 0.25) is 0 Å². The van der Waals surface area contributed by atoms with E-state index < -0.39 is 0 Å². The van der Waals surface area contributed by atoms with E-state index in [-0.39, 0.29) is 6.03 Å². The third-order valence-corrected chi connectivity index (χ3v) is 6.62. The molecule has 2 amide bonds. The first-order chi connectivity index (χ1) is 11.8. The van der Waals surface area contributed by atoms with Crippen LogP contribution in [0.1, 0.15) is 37.7 Å². The molecule has 4 rings (SSSR count). The Bertz CT molecular complexity index is 603. The lowest BCUT2D eigenvalue weighted by molar-refractivity contribution is 0.198. The Labute approximate surface area is 144 Å². The summed E-state index contributed by atoms with van der Waals surface area (Å²) in [7, 11) is 1.68. The number of amides is 2. The molecule has 24 heavy (non-hydrogen) atoms. The number of para-hydroxylation sites is 1. The molecule has 2 N–H and O–H groups in total. The van der Waals surface area contributed by atoms with Crippen molar-refractivity contribution in [2.75, 3.05) is 13.7 Å². The first-order valence-corrected chi connectivity index (χ1v) is 9.42. The first-order valence-electron chi connectivity index (χ1n) is 9.42. The van der Waals surface area contributed by atoms with Crippen LogP contribution in [0.4, 0.5) is 4.79 Å². The van der Waals surface area contributed by atoms with Crippen molar-refractivity contribution in [3.05, 3.63) is 29.8 Å². The van der Waals surface area contributed by atoms with Crippen LogP contribution in [0.2, 0.25) is 0 Å². The van der Waals surface area contributed by atoms with E-state index in [9.17, 15) is 4.79 Å². The summed E-state index contributed by atoms with van der Waals surface area (Å²) in [5.41, 5.74) is 1.13. The van der Waals surface area contributed by atoms with Crippen molar-refractivity contribution in [2.45, 2.75) is 44.6 Å². The van der Waals surface area contributed by atoms with Crippen molar-refractivity contribution in [3.8, 4) is 5.75 Å². The Kier molecular flexibility index (Phi) is 4.38. The van der Waals surface area contributed by atoms with Gasteiger partial charge in [-0.3, -0.25) is 0 Å².